The molecule has 140 valence electrons. The molecule has 0 aliphatic carbocycles. The monoisotopic (exact) mass is 368 g/mol. The number of ether oxygens (including phenoxy) is 3. The molecule has 0 saturated carbocycles. The number of Topliss-reactive ketones (excluding diaryl/α,β-unsaturated/α-hetero) is 1. The zero-order valence-corrected chi connectivity index (χ0v) is 15.1. The van der Waals surface area contributed by atoms with Crippen molar-refractivity contribution in [1.29, 1.82) is 0 Å². The number of hydrogen-bond acceptors (Lipinski definition) is 6. The van der Waals surface area contributed by atoms with Gasteiger partial charge in [-0.1, -0.05) is 12.1 Å². The molecule has 6 heteroatoms. The van der Waals surface area contributed by atoms with Crippen LogP contribution in [0.3, 0.4) is 0 Å². The Bertz CT molecular complexity index is 926. The van der Waals surface area contributed by atoms with Crippen molar-refractivity contribution < 1.29 is 29.2 Å². The second-order valence-corrected chi connectivity index (χ2v) is 6.02. The summed E-state index contributed by atoms with van der Waals surface area (Å²) in [6.45, 7) is 0.398. The first-order valence-electron chi connectivity index (χ1n) is 8.29. The molecule has 3 rings (SSSR count). The third-order valence-corrected chi connectivity index (χ3v) is 4.19. The van der Waals surface area contributed by atoms with Crippen LogP contribution in [0.15, 0.2) is 47.5 Å². The SMILES string of the molecule is COc1ccc(/C=C2\COC/C(=C\c3ccc(O)c(OC)c3)C2=O)cc1O. The van der Waals surface area contributed by atoms with Crippen molar-refractivity contribution in [2.75, 3.05) is 27.4 Å². The molecule has 2 N–H and O–H groups in total. The van der Waals surface area contributed by atoms with Gasteiger partial charge in [0.2, 0.25) is 0 Å². The fourth-order valence-corrected chi connectivity index (χ4v) is 2.81. The second-order valence-electron chi connectivity index (χ2n) is 6.02. The molecular formula is C21H20O6. The van der Waals surface area contributed by atoms with Gasteiger partial charge in [0.25, 0.3) is 0 Å². The van der Waals surface area contributed by atoms with Crippen molar-refractivity contribution in [3.05, 3.63) is 58.7 Å². The molecule has 0 radical (unpaired) electrons. The van der Waals surface area contributed by atoms with Crippen molar-refractivity contribution in [2.24, 2.45) is 0 Å². The Morgan fingerprint density at radius 2 is 1.44 bits per heavy atom. The van der Waals surface area contributed by atoms with E-state index in [1.807, 2.05) is 0 Å². The predicted octanol–water partition coefficient (Wildman–Crippen LogP) is 3.18. The lowest BCUT2D eigenvalue weighted by atomic mass is 9.97. The molecule has 0 atom stereocenters. The van der Waals surface area contributed by atoms with E-state index in [4.69, 9.17) is 14.2 Å². The number of carbonyl (C=O) groups is 1. The van der Waals surface area contributed by atoms with Gasteiger partial charge in [0.05, 0.1) is 27.4 Å². The van der Waals surface area contributed by atoms with E-state index in [-0.39, 0.29) is 30.5 Å². The molecular weight excluding hydrogens is 348 g/mol. The molecule has 2 aromatic rings. The molecule has 1 fully saturated rings. The number of ketones is 1. The Morgan fingerprint density at radius 3 is 2.04 bits per heavy atom. The lowest BCUT2D eigenvalue weighted by Gasteiger charge is -2.17. The normalized spacial score (nSPS) is 17.3. The van der Waals surface area contributed by atoms with E-state index in [9.17, 15) is 15.0 Å². The van der Waals surface area contributed by atoms with E-state index in [2.05, 4.69) is 0 Å². The Kier molecular flexibility index (Phi) is 5.47. The molecule has 0 aromatic heterocycles. The van der Waals surface area contributed by atoms with Crippen LogP contribution in [0.4, 0.5) is 0 Å². The molecule has 1 heterocycles. The maximum absolute atomic E-state index is 12.8. The predicted molar refractivity (Wildman–Crippen MR) is 101 cm³/mol. The highest BCUT2D eigenvalue weighted by Crippen LogP contribution is 2.30. The van der Waals surface area contributed by atoms with Crippen molar-refractivity contribution in [3.8, 4) is 23.0 Å². The maximum atomic E-state index is 12.8. The average Bonchev–Trinajstić information content (AvgIpc) is 2.66. The van der Waals surface area contributed by atoms with Gasteiger partial charge in [-0.3, -0.25) is 4.79 Å². The van der Waals surface area contributed by atoms with E-state index < -0.39 is 0 Å². The summed E-state index contributed by atoms with van der Waals surface area (Å²) in [4.78, 5) is 12.8. The van der Waals surface area contributed by atoms with Crippen molar-refractivity contribution in [1.82, 2.24) is 0 Å². The highest BCUT2D eigenvalue weighted by Gasteiger charge is 2.21. The van der Waals surface area contributed by atoms with Crippen LogP contribution in [-0.4, -0.2) is 43.4 Å². The zero-order valence-electron chi connectivity index (χ0n) is 15.1. The molecule has 1 aliphatic heterocycles. The summed E-state index contributed by atoms with van der Waals surface area (Å²) in [5, 5.41) is 19.6. The van der Waals surface area contributed by atoms with E-state index in [1.54, 1.807) is 36.4 Å². The topological polar surface area (TPSA) is 85.2 Å². The largest absolute Gasteiger partial charge is 0.504 e. The van der Waals surface area contributed by atoms with Gasteiger partial charge in [-0.05, 0) is 47.5 Å². The third-order valence-electron chi connectivity index (χ3n) is 4.19. The molecule has 1 aliphatic rings. The van der Waals surface area contributed by atoms with Gasteiger partial charge >= 0.3 is 0 Å². The fourth-order valence-electron chi connectivity index (χ4n) is 2.81. The molecule has 1 saturated heterocycles. The number of aromatic hydroxyl groups is 2. The van der Waals surface area contributed by atoms with Crippen LogP contribution in [0, 0.1) is 0 Å². The number of benzene rings is 2. The van der Waals surface area contributed by atoms with E-state index in [0.29, 0.717) is 28.2 Å². The van der Waals surface area contributed by atoms with Crippen molar-refractivity contribution >= 4 is 17.9 Å². The summed E-state index contributed by atoms with van der Waals surface area (Å²) >= 11 is 0. The Labute approximate surface area is 156 Å². The Hall–Kier alpha value is -3.25. The third kappa shape index (κ3) is 4.12. The van der Waals surface area contributed by atoms with E-state index >= 15 is 0 Å². The Balaban J connectivity index is 1.88. The van der Waals surface area contributed by atoms with Gasteiger partial charge in [-0.15, -0.1) is 0 Å². The number of methoxy groups -OCH3 is 2. The van der Waals surface area contributed by atoms with Gasteiger partial charge in [-0.2, -0.15) is 0 Å². The molecule has 0 spiro atoms. The Morgan fingerprint density at radius 1 is 0.852 bits per heavy atom. The van der Waals surface area contributed by atoms with Gasteiger partial charge in [0.1, 0.15) is 0 Å². The summed E-state index contributed by atoms with van der Waals surface area (Å²) in [7, 11) is 2.94. The van der Waals surface area contributed by atoms with Crippen LogP contribution in [0.5, 0.6) is 23.0 Å². The van der Waals surface area contributed by atoms with Crippen LogP contribution < -0.4 is 9.47 Å². The van der Waals surface area contributed by atoms with Crippen LogP contribution in [0.25, 0.3) is 12.2 Å². The smallest absolute Gasteiger partial charge is 0.189 e. The van der Waals surface area contributed by atoms with Crippen LogP contribution >= 0.6 is 0 Å². The zero-order chi connectivity index (χ0) is 19.4. The minimum absolute atomic E-state index is 0.00276. The van der Waals surface area contributed by atoms with Crippen molar-refractivity contribution in [2.45, 2.75) is 0 Å². The lowest BCUT2D eigenvalue weighted by Crippen LogP contribution is -2.21. The van der Waals surface area contributed by atoms with E-state index in [1.165, 1.54) is 26.4 Å². The highest BCUT2D eigenvalue weighted by atomic mass is 16.5. The molecule has 0 amide bonds. The van der Waals surface area contributed by atoms with Crippen LogP contribution in [0.2, 0.25) is 0 Å². The first-order chi connectivity index (χ1) is 13.0. The second kappa shape index (κ2) is 7.97. The van der Waals surface area contributed by atoms with Gasteiger partial charge in [-0.25, -0.2) is 0 Å². The van der Waals surface area contributed by atoms with Crippen LogP contribution in [-0.2, 0) is 9.53 Å². The molecule has 6 nitrogen and oxygen atoms in total. The first-order valence-corrected chi connectivity index (χ1v) is 8.29. The molecule has 0 unspecified atom stereocenters. The average molecular weight is 368 g/mol. The minimum Gasteiger partial charge on any atom is -0.504 e. The van der Waals surface area contributed by atoms with Crippen LogP contribution in [0.1, 0.15) is 11.1 Å². The molecule has 2 aromatic carbocycles. The standard InChI is InChI=1S/C21H20O6/c1-25-19-6-4-13(9-18(19)23)7-15-11-27-12-16(21(15)24)8-14-3-5-17(22)20(10-14)26-2/h3-10,22-23H,11-12H2,1-2H3/b15-7+,16-8+. The summed E-state index contributed by atoms with van der Waals surface area (Å²) in [5.41, 5.74) is 2.38. The summed E-state index contributed by atoms with van der Waals surface area (Å²) in [5.74, 6) is 0.612. The number of phenols is 2. The molecule has 0 bridgehead atoms. The van der Waals surface area contributed by atoms with Gasteiger partial charge in [0.15, 0.2) is 28.8 Å². The number of carbonyl (C=O) groups excluding carboxylic acids is 1. The first kappa shape index (κ1) is 18.5. The van der Waals surface area contributed by atoms with E-state index in [0.717, 1.165) is 5.56 Å². The quantitative estimate of drug-likeness (QED) is 0.807. The fraction of sp³-hybridized carbons (Fsp3) is 0.190. The molecule has 27 heavy (non-hydrogen) atoms. The highest BCUT2D eigenvalue weighted by molar-refractivity contribution is 6.14. The number of rotatable bonds is 4. The van der Waals surface area contributed by atoms with Crippen molar-refractivity contribution in [3.63, 3.8) is 0 Å². The van der Waals surface area contributed by atoms with Gasteiger partial charge < -0.3 is 24.4 Å². The van der Waals surface area contributed by atoms with Gasteiger partial charge in [0, 0.05) is 11.1 Å². The maximum Gasteiger partial charge on any atom is 0.189 e. The minimum atomic E-state index is -0.122. The summed E-state index contributed by atoms with van der Waals surface area (Å²) in [6, 6.07) is 9.77. The number of phenolic OH excluding ortho intramolecular Hbond substituents is 2. The number of hydrogen-bond donors (Lipinski definition) is 2. The lowest BCUT2D eigenvalue weighted by molar-refractivity contribution is -0.114. The summed E-state index contributed by atoms with van der Waals surface area (Å²) < 4.78 is 15.7. The summed E-state index contributed by atoms with van der Waals surface area (Å²) in [6.07, 6.45) is 3.40.